The molecular formula is C10H17NO2. The number of carbonyl (C=O) groups excluding carboxylic acids is 1. The van der Waals surface area contributed by atoms with E-state index in [1.807, 2.05) is 0 Å². The molecule has 0 radical (unpaired) electrons. The molecule has 1 aliphatic heterocycles. The van der Waals surface area contributed by atoms with Gasteiger partial charge in [-0.05, 0) is 24.7 Å². The van der Waals surface area contributed by atoms with Crippen LogP contribution in [-0.4, -0.2) is 25.7 Å². The number of amides is 1. The maximum atomic E-state index is 11.5. The first-order valence-electron chi connectivity index (χ1n) is 5.05. The molecule has 1 atom stereocenters. The highest BCUT2D eigenvalue weighted by Gasteiger charge is 2.37. The van der Waals surface area contributed by atoms with Crippen LogP contribution < -0.4 is 5.32 Å². The highest BCUT2D eigenvalue weighted by atomic mass is 16.5. The summed E-state index contributed by atoms with van der Waals surface area (Å²) in [5.41, 5.74) is 0.412. The van der Waals surface area contributed by atoms with Gasteiger partial charge in [-0.2, -0.15) is 0 Å². The summed E-state index contributed by atoms with van der Waals surface area (Å²) in [7, 11) is 0. The number of rotatable bonds is 3. The third-order valence-electron chi connectivity index (χ3n) is 3.09. The van der Waals surface area contributed by atoms with Gasteiger partial charge in [-0.3, -0.25) is 4.79 Å². The molecule has 1 aliphatic carbocycles. The Balaban J connectivity index is 1.71. The molecule has 3 heteroatoms. The largest absolute Gasteiger partial charge is 0.381 e. The van der Waals surface area contributed by atoms with Crippen molar-refractivity contribution in [3.8, 4) is 0 Å². The summed E-state index contributed by atoms with van der Waals surface area (Å²) in [5, 5.41) is 3.01. The molecule has 2 rings (SSSR count). The van der Waals surface area contributed by atoms with Crippen molar-refractivity contribution in [2.75, 3.05) is 19.8 Å². The van der Waals surface area contributed by atoms with Gasteiger partial charge < -0.3 is 10.1 Å². The van der Waals surface area contributed by atoms with Crippen LogP contribution in [0.1, 0.15) is 26.2 Å². The third kappa shape index (κ3) is 2.21. The van der Waals surface area contributed by atoms with Crippen molar-refractivity contribution >= 4 is 5.91 Å². The first kappa shape index (κ1) is 9.00. The quantitative estimate of drug-likeness (QED) is 0.707. The maximum Gasteiger partial charge on any atom is 0.225 e. The van der Waals surface area contributed by atoms with Crippen molar-refractivity contribution in [2.45, 2.75) is 26.2 Å². The van der Waals surface area contributed by atoms with Crippen LogP contribution in [0.4, 0.5) is 0 Å². The molecule has 0 aromatic carbocycles. The van der Waals surface area contributed by atoms with Crippen molar-refractivity contribution < 1.29 is 9.53 Å². The van der Waals surface area contributed by atoms with Crippen LogP contribution in [0.5, 0.6) is 0 Å². The lowest BCUT2D eigenvalue weighted by Gasteiger charge is -2.12. The molecule has 74 valence electrons. The normalized spacial score (nSPS) is 30.1. The van der Waals surface area contributed by atoms with Crippen LogP contribution in [0.15, 0.2) is 0 Å². The maximum absolute atomic E-state index is 11.5. The topological polar surface area (TPSA) is 38.3 Å². The number of hydrogen-bond acceptors (Lipinski definition) is 2. The van der Waals surface area contributed by atoms with Gasteiger partial charge in [0.05, 0.1) is 12.5 Å². The summed E-state index contributed by atoms with van der Waals surface area (Å²) in [5.74, 6) is 0.299. The summed E-state index contributed by atoms with van der Waals surface area (Å²) in [6.07, 6.45) is 3.41. The Morgan fingerprint density at radius 2 is 2.38 bits per heavy atom. The Kier molecular flexibility index (Phi) is 2.28. The molecule has 1 saturated heterocycles. The first-order valence-corrected chi connectivity index (χ1v) is 5.05. The van der Waals surface area contributed by atoms with Crippen molar-refractivity contribution in [3.05, 3.63) is 0 Å². The van der Waals surface area contributed by atoms with Crippen LogP contribution in [0.25, 0.3) is 0 Å². The van der Waals surface area contributed by atoms with Crippen LogP contribution in [0.3, 0.4) is 0 Å². The molecule has 0 bridgehead atoms. The fraction of sp³-hybridized carbons (Fsp3) is 0.900. The van der Waals surface area contributed by atoms with E-state index in [-0.39, 0.29) is 11.8 Å². The fourth-order valence-electron chi connectivity index (χ4n) is 1.58. The zero-order valence-electron chi connectivity index (χ0n) is 8.14. The van der Waals surface area contributed by atoms with Gasteiger partial charge in [-0.15, -0.1) is 0 Å². The van der Waals surface area contributed by atoms with E-state index in [2.05, 4.69) is 12.2 Å². The zero-order valence-corrected chi connectivity index (χ0v) is 8.14. The summed E-state index contributed by atoms with van der Waals surface area (Å²) in [4.78, 5) is 11.5. The van der Waals surface area contributed by atoms with Crippen molar-refractivity contribution in [1.82, 2.24) is 5.32 Å². The predicted molar refractivity (Wildman–Crippen MR) is 49.3 cm³/mol. The zero-order chi connectivity index (χ0) is 9.31. The Morgan fingerprint density at radius 3 is 2.92 bits per heavy atom. The Labute approximate surface area is 78.8 Å². The molecule has 1 N–H and O–H groups in total. The molecule has 13 heavy (non-hydrogen) atoms. The summed E-state index contributed by atoms with van der Waals surface area (Å²) in [6, 6.07) is 0. The second-order valence-corrected chi connectivity index (χ2v) is 4.59. The lowest BCUT2D eigenvalue weighted by molar-refractivity contribution is -0.125. The minimum Gasteiger partial charge on any atom is -0.381 e. The van der Waals surface area contributed by atoms with Gasteiger partial charge in [0, 0.05) is 13.2 Å². The molecule has 0 spiro atoms. The minimum absolute atomic E-state index is 0.113. The van der Waals surface area contributed by atoms with E-state index >= 15 is 0 Å². The van der Waals surface area contributed by atoms with Gasteiger partial charge in [0.25, 0.3) is 0 Å². The summed E-state index contributed by atoms with van der Waals surface area (Å²) in [6.45, 7) is 4.43. The average Bonchev–Trinajstić information content (AvgIpc) is 2.69. The molecular weight excluding hydrogens is 166 g/mol. The molecule has 1 heterocycles. The lowest BCUT2D eigenvalue weighted by atomic mass is 10.1. The molecule has 1 amide bonds. The van der Waals surface area contributed by atoms with Gasteiger partial charge >= 0.3 is 0 Å². The number of ether oxygens (including phenoxy) is 1. The summed E-state index contributed by atoms with van der Waals surface area (Å²) >= 11 is 0. The molecule has 2 aliphatic rings. The van der Waals surface area contributed by atoms with Crippen molar-refractivity contribution in [3.63, 3.8) is 0 Å². The summed E-state index contributed by atoms with van der Waals surface area (Å²) < 4.78 is 5.16. The van der Waals surface area contributed by atoms with Crippen LogP contribution in [0.2, 0.25) is 0 Å². The molecule has 3 nitrogen and oxygen atoms in total. The van der Waals surface area contributed by atoms with Crippen LogP contribution in [0, 0.1) is 11.3 Å². The number of hydrogen-bond donors (Lipinski definition) is 1. The Morgan fingerprint density at radius 1 is 1.62 bits per heavy atom. The van der Waals surface area contributed by atoms with Crippen molar-refractivity contribution in [2.24, 2.45) is 11.3 Å². The van der Waals surface area contributed by atoms with Crippen molar-refractivity contribution in [1.29, 1.82) is 0 Å². The molecule has 1 unspecified atom stereocenters. The van der Waals surface area contributed by atoms with Gasteiger partial charge in [-0.1, -0.05) is 6.92 Å². The lowest BCUT2D eigenvalue weighted by Crippen LogP contribution is -2.34. The van der Waals surface area contributed by atoms with E-state index in [1.165, 1.54) is 12.8 Å². The molecule has 0 aromatic rings. The first-order chi connectivity index (χ1) is 6.20. The smallest absolute Gasteiger partial charge is 0.225 e. The Bertz CT molecular complexity index is 205. The second-order valence-electron chi connectivity index (χ2n) is 4.59. The highest BCUT2D eigenvalue weighted by Crippen LogP contribution is 2.44. The predicted octanol–water partition coefficient (Wildman–Crippen LogP) is 0.939. The standard InChI is InChI=1S/C10H17NO2/c1-10(3-4-10)7-11-9(12)8-2-5-13-6-8/h8H,2-7H2,1H3,(H,11,12). The number of carbonyl (C=O) groups is 1. The van der Waals surface area contributed by atoms with E-state index in [0.717, 1.165) is 19.6 Å². The molecule has 1 saturated carbocycles. The van der Waals surface area contributed by atoms with E-state index in [9.17, 15) is 4.79 Å². The third-order valence-corrected chi connectivity index (χ3v) is 3.09. The van der Waals surface area contributed by atoms with Gasteiger partial charge in [0.15, 0.2) is 0 Å². The van der Waals surface area contributed by atoms with Gasteiger partial charge in [0.2, 0.25) is 5.91 Å². The Hall–Kier alpha value is -0.570. The highest BCUT2D eigenvalue weighted by molar-refractivity contribution is 5.79. The monoisotopic (exact) mass is 183 g/mol. The fourth-order valence-corrected chi connectivity index (χ4v) is 1.58. The second kappa shape index (κ2) is 3.29. The molecule has 0 aromatic heterocycles. The van der Waals surface area contributed by atoms with E-state index in [0.29, 0.717) is 12.0 Å². The van der Waals surface area contributed by atoms with Gasteiger partial charge in [-0.25, -0.2) is 0 Å². The minimum atomic E-state index is 0.113. The van der Waals surface area contributed by atoms with Crippen LogP contribution >= 0.6 is 0 Å². The average molecular weight is 183 g/mol. The van der Waals surface area contributed by atoms with E-state index < -0.39 is 0 Å². The van der Waals surface area contributed by atoms with Gasteiger partial charge in [0.1, 0.15) is 0 Å². The SMILES string of the molecule is CC1(CNC(=O)C2CCOC2)CC1. The van der Waals surface area contributed by atoms with Crippen LogP contribution in [-0.2, 0) is 9.53 Å². The number of nitrogens with one attached hydrogen (secondary N) is 1. The van der Waals surface area contributed by atoms with E-state index in [1.54, 1.807) is 0 Å². The van der Waals surface area contributed by atoms with E-state index in [4.69, 9.17) is 4.74 Å². The molecule has 2 fully saturated rings.